The maximum absolute atomic E-state index is 15.7. The van der Waals surface area contributed by atoms with Crippen molar-refractivity contribution in [2.75, 3.05) is 6.61 Å². The Hall–Kier alpha value is -1.45. The molecule has 174 valence electrons. The summed E-state index contributed by atoms with van der Waals surface area (Å²) in [4.78, 5) is 0. The molecule has 4 heteroatoms. The summed E-state index contributed by atoms with van der Waals surface area (Å²) >= 11 is 0. The van der Waals surface area contributed by atoms with E-state index in [0.717, 1.165) is 50.9 Å². The summed E-state index contributed by atoms with van der Waals surface area (Å²) in [7, 11) is 0. The lowest BCUT2D eigenvalue weighted by Gasteiger charge is -2.40. The van der Waals surface area contributed by atoms with Gasteiger partial charge in [0.25, 0.3) is 0 Å². The molecule has 3 rings (SSSR count). The Kier molecular flexibility index (Phi) is 8.92. The van der Waals surface area contributed by atoms with E-state index in [1.165, 1.54) is 37.8 Å². The largest absolute Gasteiger partial charge is 0.490 e. The van der Waals surface area contributed by atoms with Gasteiger partial charge in [0.05, 0.1) is 6.61 Å². The lowest BCUT2D eigenvalue weighted by molar-refractivity contribution is 0.0498. The van der Waals surface area contributed by atoms with Crippen LogP contribution in [-0.4, -0.2) is 6.61 Å². The van der Waals surface area contributed by atoms with E-state index in [0.29, 0.717) is 18.4 Å². The Morgan fingerprint density at radius 1 is 0.935 bits per heavy atom. The normalized spacial score (nSPS) is 29.0. The molecular weight excluding hydrogens is 397 g/mol. The Morgan fingerprint density at radius 2 is 1.58 bits per heavy atom. The van der Waals surface area contributed by atoms with Gasteiger partial charge in [-0.1, -0.05) is 38.7 Å². The fourth-order valence-electron chi connectivity index (χ4n) is 5.51. The first-order valence-electron chi connectivity index (χ1n) is 12.4. The summed E-state index contributed by atoms with van der Waals surface area (Å²) in [6, 6.07) is 2.81. The number of ether oxygens (including phenoxy) is 1. The van der Waals surface area contributed by atoms with E-state index in [9.17, 15) is 8.78 Å². The molecule has 2 fully saturated rings. The summed E-state index contributed by atoms with van der Waals surface area (Å²) in [5.74, 6) is -0.232. The van der Waals surface area contributed by atoms with Crippen LogP contribution in [0.3, 0.4) is 0 Å². The van der Waals surface area contributed by atoms with Gasteiger partial charge >= 0.3 is 0 Å². The van der Waals surface area contributed by atoms with Gasteiger partial charge in [0, 0.05) is 5.56 Å². The first kappa shape index (κ1) is 24.2. The summed E-state index contributed by atoms with van der Waals surface area (Å²) < 4.78 is 50.5. The maximum Gasteiger partial charge on any atom is 0.201 e. The summed E-state index contributed by atoms with van der Waals surface area (Å²) in [6.07, 6.45) is 13.9. The lowest BCUT2D eigenvalue weighted by atomic mass is 9.67. The van der Waals surface area contributed by atoms with Gasteiger partial charge in [0.15, 0.2) is 11.6 Å². The quantitative estimate of drug-likeness (QED) is 0.263. The molecule has 0 unspecified atom stereocenters. The first-order chi connectivity index (χ1) is 14.9. The van der Waals surface area contributed by atoms with Crippen LogP contribution in [-0.2, 0) is 5.67 Å². The highest BCUT2D eigenvalue weighted by Crippen LogP contribution is 2.48. The monoisotopic (exact) mass is 436 g/mol. The third-order valence-corrected chi connectivity index (χ3v) is 7.64. The second kappa shape index (κ2) is 11.4. The van der Waals surface area contributed by atoms with Crippen molar-refractivity contribution in [3.63, 3.8) is 0 Å². The average Bonchev–Trinajstić information content (AvgIpc) is 2.77. The minimum absolute atomic E-state index is 0.110. The number of alkyl halides is 1. The van der Waals surface area contributed by atoms with E-state index in [1.54, 1.807) is 0 Å². The summed E-state index contributed by atoms with van der Waals surface area (Å²) in [6.45, 7) is 6.34. The average molecular weight is 437 g/mol. The molecule has 2 aliphatic rings. The van der Waals surface area contributed by atoms with Gasteiger partial charge in [-0.2, -0.15) is 4.39 Å². The molecule has 2 saturated carbocycles. The fraction of sp³-hybridized carbons (Fsp3) is 0.704. The van der Waals surface area contributed by atoms with Crippen LogP contribution in [0.15, 0.2) is 24.8 Å². The van der Waals surface area contributed by atoms with E-state index >= 15 is 4.39 Å². The molecule has 0 bridgehead atoms. The van der Waals surface area contributed by atoms with Crippen LogP contribution in [0, 0.1) is 29.4 Å². The number of hydrogen-bond donors (Lipinski definition) is 0. The second-order valence-corrected chi connectivity index (χ2v) is 9.90. The van der Waals surface area contributed by atoms with E-state index in [1.807, 2.05) is 6.08 Å². The smallest absolute Gasteiger partial charge is 0.201 e. The Labute approximate surface area is 186 Å². The van der Waals surface area contributed by atoms with Crippen LogP contribution in [0.2, 0.25) is 0 Å². The standard InChI is InChI=1S/C27H39F3O/c1-3-4-5-6-7-8-19-31-24-14-13-23(25(28)26(24)29)27(30)17-15-22(16-18-27)21-11-9-20(2)10-12-21/h3,13-14,20-22H,1,4-12,15-19H2,2H3. The van der Waals surface area contributed by atoms with Crippen LogP contribution in [0.4, 0.5) is 13.2 Å². The minimum Gasteiger partial charge on any atom is -0.490 e. The van der Waals surface area contributed by atoms with Gasteiger partial charge in [-0.3, -0.25) is 0 Å². The highest BCUT2D eigenvalue weighted by Gasteiger charge is 2.42. The molecule has 0 atom stereocenters. The fourth-order valence-corrected chi connectivity index (χ4v) is 5.51. The molecule has 1 nitrogen and oxygen atoms in total. The molecule has 2 aliphatic carbocycles. The lowest BCUT2D eigenvalue weighted by Crippen LogP contribution is -2.32. The van der Waals surface area contributed by atoms with Crippen LogP contribution >= 0.6 is 0 Å². The third kappa shape index (κ3) is 6.29. The van der Waals surface area contributed by atoms with Gasteiger partial charge < -0.3 is 4.74 Å². The van der Waals surface area contributed by atoms with Gasteiger partial charge in [-0.15, -0.1) is 6.58 Å². The number of halogens is 3. The molecule has 0 spiro atoms. The zero-order valence-electron chi connectivity index (χ0n) is 19.1. The van der Waals surface area contributed by atoms with Crippen LogP contribution in [0.5, 0.6) is 5.75 Å². The van der Waals surface area contributed by atoms with Gasteiger partial charge in [-0.05, 0) is 87.7 Å². The highest BCUT2D eigenvalue weighted by molar-refractivity contribution is 5.34. The molecule has 0 aliphatic heterocycles. The van der Waals surface area contributed by atoms with Crippen molar-refractivity contribution < 1.29 is 17.9 Å². The molecule has 0 heterocycles. The molecule has 0 amide bonds. The summed E-state index contributed by atoms with van der Waals surface area (Å²) in [5.41, 5.74) is -1.90. The van der Waals surface area contributed by atoms with Crippen molar-refractivity contribution in [2.24, 2.45) is 17.8 Å². The van der Waals surface area contributed by atoms with Crippen molar-refractivity contribution in [3.05, 3.63) is 42.0 Å². The first-order valence-corrected chi connectivity index (χ1v) is 12.4. The molecule has 1 aromatic rings. The van der Waals surface area contributed by atoms with Crippen LogP contribution in [0.25, 0.3) is 0 Å². The third-order valence-electron chi connectivity index (χ3n) is 7.64. The van der Waals surface area contributed by atoms with Crippen molar-refractivity contribution >= 4 is 0 Å². The number of allylic oxidation sites excluding steroid dienone is 1. The number of unbranched alkanes of at least 4 members (excludes halogenated alkanes) is 4. The zero-order valence-corrected chi connectivity index (χ0v) is 19.1. The number of benzene rings is 1. The Morgan fingerprint density at radius 3 is 2.26 bits per heavy atom. The van der Waals surface area contributed by atoms with Gasteiger partial charge in [0.1, 0.15) is 5.67 Å². The zero-order chi connectivity index (χ0) is 22.3. The topological polar surface area (TPSA) is 9.23 Å². The molecule has 0 radical (unpaired) electrons. The maximum atomic E-state index is 15.7. The molecule has 0 N–H and O–H groups in total. The Balaban J connectivity index is 1.53. The second-order valence-electron chi connectivity index (χ2n) is 9.90. The Bertz CT molecular complexity index is 701. The van der Waals surface area contributed by atoms with E-state index in [2.05, 4.69) is 13.5 Å². The SMILES string of the molecule is C=CCCCCCCOc1ccc(C2(F)CCC(C3CCC(C)CC3)CC2)c(F)c1F. The van der Waals surface area contributed by atoms with Crippen molar-refractivity contribution in [2.45, 2.75) is 96.1 Å². The predicted octanol–water partition coefficient (Wildman–Crippen LogP) is 8.66. The minimum atomic E-state index is -1.77. The summed E-state index contributed by atoms with van der Waals surface area (Å²) in [5, 5.41) is 0. The van der Waals surface area contributed by atoms with Crippen molar-refractivity contribution in [1.82, 2.24) is 0 Å². The van der Waals surface area contributed by atoms with E-state index in [4.69, 9.17) is 4.74 Å². The van der Waals surface area contributed by atoms with E-state index in [-0.39, 0.29) is 24.2 Å². The van der Waals surface area contributed by atoms with Gasteiger partial charge in [0.2, 0.25) is 5.82 Å². The number of rotatable bonds is 10. The van der Waals surface area contributed by atoms with Gasteiger partial charge in [-0.25, -0.2) is 8.78 Å². The molecular formula is C27H39F3O. The van der Waals surface area contributed by atoms with E-state index < -0.39 is 17.3 Å². The molecule has 31 heavy (non-hydrogen) atoms. The molecule has 0 aromatic heterocycles. The van der Waals surface area contributed by atoms with Crippen molar-refractivity contribution in [1.29, 1.82) is 0 Å². The molecule has 0 saturated heterocycles. The van der Waals surface area contributed by atoms with Crippen LogP contribution < -0.4 is 4.74 Å². The van der Waals surface area contributed by atoms with Crippen molar-refractivity contribution in [3.8, 4) is 5.75 Å². The molecule has 1 aromatic carbocycles. The highest BCUT2D eigenvalue weighted by atomic mass is 19.2. The van der Waals surface area contributed by atoms with Crippen LogP contribution in [0.1, 0.15) is 96.0 Å². The predicted molar refractivity (Wildman–Crippen MR) is 121 cm³/mol. The number of hydrogen-bond acceptors (Lipinski definition) is 1.